The van der Waals surface area contributed by atoms with Crippen LogP contribution in [0, 0.1) is 34.5 Å². The summed E-state index contributed by atoms with van der Waals surface area (Å²) in [5.41, 5.74) is -4.74. The van der Waals surface area contributed by atoms with Crippen molar-refractivity contribution in [3.05, 3.63) is 23.8 Å². The third-order valence-corrected chi connectivity index (χ3v) is 11.5. The molecule has 0 radical (unpaired) electrons. The summed E-state index contributed by atoms with van der Waals surface area (Å²) in [5.74, 6) is -2.72. The van der Waals surface area contributed by atoms with Gasteiger partial charge in [0, 0.05) is 22.7 Å². The van der Waals surface area contributed by atoms with E-state index in [1.165, 1.54) is 12.2 Å². The second-order valence-corrected chi connectivity index (χ2v) is 13.1. The Morgan fingerprint density at radius 2 is 1.86 bits per heavy atom. The minimum atomic E-state index is -1.68. The zero-order valence-corrected chi connectivity index (χ0v) is 22.7. The van der Waals surface area contributed by atoms with E-state index in [0.717, 1.165) is 6.42 Å². The van der Waals surface area contributed by atoms with Gasteiger partial charge in [0.05, 0.1) is 5.92 Å². The Hall–Kier alpha value is -1.54. The van der Waals surface area contributed by atoms with Gasteiger partial charge in [0.2, 0.25) is 5.12 Å². The number of allylic oxidation sites excluding steroid dienone is 4. The summed E-state index contributed by atoms with van der Waals surface area (Å²) in [6, 6.07) is 0. The predicted octanol–water partition coefficient (Wildman–Crippen LogP) is 5.26. The average molecular weight is 537 g/mol. The van der Waals surface area contributed by atoms with Gasteiger partial charge in [-0.3, -0.25) is 14.4 Å². The summed E-state index contributed by atoms with van der Waals surface area (Å²) < 4.78 is 38.6. The lowest BCUT2D eigenvalue weighted by molar-refractivity contribution is -0.179. The topological polar surface area (TPSA) is 80.7 Å². The number of hydrogen-bond acceptors (Lipinski definition) is 5. The number of carbonyl (C=O) groups excluding carboxylic acids is 3. The maximum atomic E-state index is 17.0. The molecular weight excluding hydrogens is 498 g/mol. The molecule has 5 aliphatic rings. The molecule has 4 fully saturated rings. The van der Waals surface area contributed by atoms with Crippen LogP contribution in [0.4, 0.5) is 8.78 Å². The molecule has 204 valence electrons. The predicted molar refractivity (Wildman–Crippen MR) is 137 cm³/mol. The highest BCUT2D eigenvalue weighted by atomic mass is 32.1. The molecule has 0 aromatic rings. The molecule has 37 heavy (non-hydrogen) atoms. The monoisotopic (exact) mass is 536 g/mol. The number of hydrogen-bond donors (Lipinski definition) is 2. The van der Waals surface area contributed by atoms with E-state index in [9.17, 15) is 19.5 Å². The van der Waals surface area contributed by atoms with Gasteiger partial charge in [-0.25, -0.2) is 8.78 Å². The minimum absolute atomic E-state index is 0.0233. The lowest BCUT2D eigenvalue weighted by Gasteiger charge is -2.60. The Balaban J connectivity index is 1.36. The van der Waals surface area contributed by atoms with Gasteiger partial charge in [-0.2, -0.15) is 0 Å². The van der Waals surface area contributed by atoms with Crippen LogP contribution in [0.3, 0.4) is 0 Å². The van der Waals surface area contributed by atoms with Gasteiger partial charge in [0.25, 0.3) is 0 Å². The maximum absolute atomic E-state index is 17.0. The van der Waals surface area contributed by atoms with Crippen LogP contribution >= 0.6 is 12.6 Å². The van der Waals surface area contributed by atoms with Crippen molar-refractivity contribution >= 4 is 29.5 Å². The van der Waals surface area contributed by atoms with Crippen molar-refractivity contribution in [3.8, 4) is 0 Å². The smallest absolute Gasteiger partial charge is 0.309 e. The molecule has 0 spiro atoms. The first-order valence-corrected chi connectivity index (χ1v) is 14.2. The first kappa shape index (κ1) is 27.0. The van der Waals surface area contributed by atoms with Crippen molar-refractivity contribution in [2.45, 2.75) is 102 Å². The molecule has 5 nitrogen and oxygen atoms in total. The number of halogens is 2. The largest absolute Gasteiger partial charge is 0.462 e. The molecule has 10 atom stereocenters. The molecule has 0 aliphatic heterocycles. The quantitative estimate of drug-likeness (QED) is 0.379. The van der Waals surface area contributed by atoms with E-state index in [1.54, 1.807) is 19.9 Å². The Morgan fingerprint density at radius 3 is 2.57 bits per heavy atom. The third kappa shape index (κ3) is 3.82. The number of rotatable bonds is 4. The van der Waals surface area contributed by atoms with Crippen LogP contribution in [0.15, 0.2) is 23.8 Å². The van der Waals surface area contributed by atoms with Crippen LogP contribution in [-0.2, 0) is 19.1 Å². The molecule has 0 bridgehead atoms. The summed E-state index contributed by atoms with van der Waals surface area (Å²) in [7, 11) is 0. The van der Waals surface area contributed by atoms with Gasteiger partial charge in [0.15, 0.2) is 5.78 Å². The third-order valence-electron chi connectivity index (χ3n) is 11.1. The molecule has 0 aromatic carbocycles. The number of fused-ring (bicyclic) bond motifs is 5. The fraction of sp³-hybridized carbons (Fsp3) is 0.759. The molecule has 0 heterocycles. The average Bonchev–Trinajstić information content (AvgIpc) is 3.17. The van der Waals surface area contributed by atoms with Gasteiger partial charge in [0.1, 0.15) is 23.5 Å². The Bertz CT molecular complexity index is 1070. The van der Waals surface area contributed by atoms with Crippen LogP contribution in [0.1, 0.15) is 78.6 Å². The molecule has 0 saturated heterocycles. The number of aliphatic hydroxyl groups is 1. The number of ketones is 1. The Morgan fingerprint density at radius 1 is 1.14 bits per heavy atom. The number of carbonyl (C=O) groups is 3. The van der Waals surface area contributed by atoms with Crippen LogP contribution in [-0.4, -0.2) is 45.5 Å². The van der Waals surface area contributed by atoms with Gasteiger partial charge < -0.3 is 9.84 Å². The van der Waals surface area contributed by atoms with Crippen LogP contribution < -0.4 is 0 Å². The fourth-order valence-corrected chi connectivity index (χ4v) is 9.02. The normalized spacial score (nSPS) is 47.8. The first-order chi connectivity index (χ1) is 17.3. The molecule has 8 heteroatoms. The highest BCUT2D eigenvalue weighted by Gasteiger charge is 2.69. The van der Waals surface area contributed by atoms with E-state index in [-0.39, 0.29) is 36.5 Å². The highest BCUT2D eigenvalue weighted by molar-refractivity contribution is 7.96. The van der Waals surface area contributed by atoms with Crippen molar-refractivity contribution in [2.75, 3.05) is 0 Å². The molecule has 5 rings (SSSR count). The van der Waals surface area contributed by atoms with Crippen LogP contribution in [0.2, 0.25) is 0 Å². The number of ether oxygens (including phenoxy) is 1. The molecular formula is C29H38F2O5S. The summed E-state index contributed by atoms with van der Waals surface area (Å²) in [5, 5.41) is 10.4. The highest BCUT2D eigenvalue weighted by Crippen LogP contribution is 2.68. The van der Waals surface area contributed by atoms with Crippen LogP contribution in [0.5, 0.6) is 0 Å². The van der Waals surface area contributed by atoms with Crippen molar-refractivity contribution in [2.24, 2.45) is 34.5 Å². The van der Waals surface area contributed by atoms with Crippen molar-refractivity contribution in [3.63, 3.8) is 0 Å². The molecule has 4 saturated carbocycles. The zero-order valence-electron chi connectivity index (χ0n) is 21.8. The summed E-state index contributed by atoms with van der Waals surface area (Å²) in [4.78, 5) is 37.4. The second-order valence-electron chi connectivity index (χ2n) is 12.7. The molecule has 0 amide bonds. The number of alkyl halides is 2. The van der Waals surface area contributed by atoms with E-state index >= 15 is 8.78 Å². The summed E-state index contributed by atoms with van der Waals surface area (Å²) in [6.07, 6.45) is 6.61. The summed E-state index contributed by atoms with van der Waals surface area (Å²) >= 11 is 3.91. The summed E-state index contributed by atoms with van der Waals surface area (Å²) in [6.45, 7) is 5.44. The van der Waals surface area contributed by atoms with Gasteiger partial charge in [-0.15, -0.1) is 12.6 Å². The van der Waals surface area contributed by atoms with E-state index in [1.807, 2.05) is 6.92 Å². The number of esters is 1. The minimum Gasteiger partial charge on any atom is -0.462 e. The molecule has 3 unspecified atom stereocenters. The van der Waals surface area contributed by atoms with Gasteiger partial charge >= 0.3 is 5.97 Å². The van der Waals surface area contributed by atoms with Gasteiger partial charge in [-0.1, -0.05) is 32.8 Å². The lowest BCUT2D eigenvalue weighted by Crippen LogP contribution is -2.62. The molecule has 1 N–H and O–H groups in total. The fourth-order valence-electron chi connectivity index (χ4n) is 8.75. The second kappa shape index (κ2) is 9.00. The van der Waals surface area contributed by atoms with Gasteiger partial charge in [-0.05, 0) is 75.5 Å². The maximum Gasteiger partial charge on any atom is 0.309 e. The Kier molecular flexibility index (Phi) is 6.58. The van der Waals surface area contributed by atoms with Crippen molar-refractivity contribution in [1.82, 2.24) is 0 Å². The molecule has 5 aliphatic carbocycles. The lowest BCUT2D eigenvalue weighted by atomic mass is 9.46. The standard InChI is InChI=1S/C29H38F2O5S/c1-16(18-6-4-5-10-28(18,35)25(34)37)24(33)36-23-8-7-19-20-15-22(30)21-14-17(32)9-11-27(21,3)29(20,31)13-12-26(19,23)2/h9,11,14,16,18-20,22-23,35H,4-8,10,12-13,15H2,1-3H3,(H,34,37)/t16?,18?,19-,20-,22-,23+,26-,27-,28?,29+/m0/s1. The van der Waals surface area contributed by atoms with E-state index in [4.69, 9.17) is 4.74 Å². The first-order valence-electron chi connectivity index (χ1n) is 13.7. The SMILES string of the molecule is CC(C(=O)O[C@@H]1CC[C@H]2[C@@H]3C[C@H](F)C4=CC(=O)C=C[C@]4(C)[C@@]3(F)CC[C@]12C)C1CCCCC1(O)C(=O)S. The van der Waals surface area contributed by atoms with E-state index < -0.39 is 63.2 Å². The molecule has 0 aromatic heterocycles. The number of thiol groups is 1. The Labute approximate surface area is 222 Å². The van der Waals surface area contributed by atoms with Crippen molar-refractivity contribution in [1.29, 1.82) is 0 Å². The zero-order chi connectivity index (χ0) is 27.0. The van der Waals surface area contributed by atoms with E-state index in [0.29, 0.717) is 32.1 Å². The van der Waals surface area contributed by atoms with Crippen LogP contribution in [0.25, 0.3) is 0 Å². The van der Waals surface area contributed by atoms with Crippen molar-refractivity contribution < 1.29 is 33.0 Å². The van der Waals surface area contributed by atoms with E-state index in [2.05, 4.69) is 12.6 Å².